The Morgan fingerprint density at radius 1 is 0.667 bits per heavy atom. The minimum Gasteiger partial charge on any atom is -0.481 e. The second-order valence-corrected chi connectivity index (χ2v) is 9.33. The van der Waals surface area contributed by atoms with Crippen molar-refractivity contribution in [2.45, 2.75) is 136 Å². The zero-order valence-corrected chi connectivity index (χ0v) is 20.3. The molecular weight excluding hydrogens is 376 g/mol. The molecule has 178 valence electrons. The van der Waals surface area contributed by atoms with Crippen molar-refractivity contribution in [1.82, 2.24) is 0 Å². The van der Waals surface area contributed by atoms with Crippen molar-refractivity contribution in [2.24, 2.45) is 11.8 Å². The van der Waals surface area contributed by atoms with Gasteiger partial charge in [-0.15, -0.1) is 0 Å². The summed E-state index contributed by atoms with van der Waals surface area (Å²) >= 11 is 0. The third-order valence-corrected chi connectivity index (χ3v) is 5.85. The Morgan fingerprint density at radius 2 is 1.10 bits per heavy atom. The molecule has 0 aliphatic carbocycles. The van der Waals surface area contributed by atoms with E-state index in [0.29, 0.717) is 13.0 Å². The predicted molar refractivity (Wildman–Crippen MR) is 126 cm³/mol. The normalized spacial score (nSPS) is 12.3. The molecule has 30 heavy (non-hydrogen) atoms. The SMILES string of the molecule is CCCCCC(C(=O)O)C(=O)OCCCCCCCCCCCCCCCC(C)C. The van der Waals surface area contributed by atoms with Gasteiger partial charge in [0.25, 0.3) is 0 Å². The van der Waals surface area contributed by atoms with E-state index in [4.69, 9.17) is 4.74 Å². The number of carbonyl (C=O) groups is 2. The Morgan fingerprint density at radius 3 is 1.53 bits per heavy atom. The van der Waals surface area contributed by atoms with Gasteiger partial charge in [0.05, 0.1) is 6.61 Å². The van der Waals surface area contributed by atoms with Crippen molar-refractivity contribution in [3.63, 3.8) is 0 Å². The van der Waals surface area contributed by atoms with Gasteiger partial charge < -0.3 is 9.84 Å². The Balaban J connectivity index is 3.41. The summed E-state index contributed by atoms with van der Waals surface area (Å²) in [6.07, 6.45) is 21.2. The molecule has 0 amide bonds. The first-order valence-corrected chi connectivity index (χ1v) is 12.9. The zero-order chi connectivity index (χ0) is 22.5. The highest BCUT2D eigenvalue weighted by molar-refractivity contribution is 5.93. The summed E-state index contributed by atoms with van der Waals surface area (Å²) in [7, 11) is 0. The summed E-state index contributed by atoms with van der Waals surface area (Å²) in [5.41, 5.74) is 0. The molecule has 0 spiro atoms. The van der Waals surface area contributed by atoms with Crippen LogP contribution in [0.5, 0.6) is 0 Å². The number of ether oxygens (including phenoxy) is 1. The fraction of sp³-hybridized carbons (Fsp3) is 0.923. The molecule has 0 aliphatic heterocycles. The van der Waals surface area contributed by atoms with Crippen molar-refractivity contribution in [3.05, 3.63) is 0 Å². The van der Waals surface area contributed by atoms with Gasteiger partial charge in [-0.25, -0.2) is 0 Å². The van der Waals surface area contributed by atoms with Crippen molar-refractivity contribution < 1.29 is 19.4 Å². The lowest BCUT2D eigenvalue weighted by Gasteiger charge is -2.11. The van der Waals surface area contributed by atoms with Crippen molar-refractivity contribution in [2.75, 3.05) is 6.61 Å². The quantitative estimate of drug-likeness (QED) is 0.108. The first-order chi connectivity index (χ1) is 14.5. The number of hydrogen-bond donors (Lipinski definition) is 1. The number of hydrogen-bond acceptors (Lipinski definition) is 3. The summed E-state index contributed by atoms with van der Waals surface area (Å²) in [6.45, 7) is 7.03. The monoisotopic (exact) mass is 426 g/mol. The lowest BCUT2D eigenvalue weighted by Crippen LogP contribution is -2.26. The van der Waals surface area contributed by atoms with Gasteiger partial charge in [-0.3, -0.25) is 9.59 Å². The fourth-order valence-corrected chi connectivity index (χ4v) is 3.81. The van der Waals surface area contributed by atoms with E-state index in [1.54, 1.807) is 0 Å². The lowest BCUT2D eigenvalue weighted by molar-refractivity contribution is -0.159. The highest BCUT2D eigenvalue weighted by Crippen LogP contribution is 2.15. The molecule has 0 heterocycles. The first-order valence-electron chi connectivity index (χ1n) is 12.9. The molecule has 1 atom stereocenters. The van der Waals surface area contributed by atoms with E-state index in [2.05, 4.69) is 20.8 Å². The lowest BCUT2D eigenvalue weighted by atomic mass is 10.0. The van der Waals surface area contributed by atoms with Crippen molar-refractivity contribution in [1.29, 1.82) is 0 Å². The average molecular weight is 427 g/mol. The fourth-order valence-electron chi connectivity index (χ4n) is 3.81. The number of rotatable bonds is 22. The predicted octanol–water partition coefficient (Wildman–Crippen LogP) is 7.93. The highest BCUT2D eigenvalue weighted by Gasteiger charge is 2.26. The van der Waals surface area contributed by atoms with Gasteiger partial charge in [-0.2, -0.15) is 0 Å². The van der Waals surface area contributed by atoms with Crippen LogP contribution in [0.4, 0.5) is 0 Å². The maximum Gasteiger partial charge on any atom is 0.320 e. The number of carboxylic acid groups (broad SMARTS) is 1. The molecule has 0 aliphatic rings. The molecule has 0 aromatic carbocycles. The van der Waals surface area contributed by atoms with Crippen LogP contribution in [0.1, 0.15) is 136 Å². The molecular formula is C26H50O4. The van der Waals surface area contributed by atoms with Crippen LogP contribution >= 0.6 is 0 Å². The molecule has 1 N–H and O–H groups in total. The summed E-state index contributed by atoms with van der Waals surface area (Å²) in [6, 6.07) is 0. The van der Waals surface area contributed by atoms with Gasteiger partial charge in [-0.05, 0) is 18.8 Å². The Hall–Kier alpha value is -1.06. The number of esters is 1. The van der Waals surface area contributed by atoms with E-state index in [-0.39, 0.29) is 0 Å². The molecule has 0 fully saturated rings. The molecule has 4 heteroatoms. The summed E-state index contributed by atoms with van der Waals surface area (Å²) in [4.78, 5) is 23.2. The Labute approximate surface area is 186 Å². The smallest absolute Gasteiger partial charge is 0.320 e. The van der Waals surface area contributed by atoms with Gasteiger partial charge in [0, 0.05) is 0 Å². The van der Waals surface area contributed by atoms with E-state index in [1.165, 1.54) is 77.0 Å². The van der Waals surface area contributed by atoms with E-state index < -0.39 is 17.9 Å². The van der Waals surface area contributed by atoms with E-state index in [1.807, 2.05) is 0 Å². The molecule has 0 aromatic heterocycles. The van der Waals surface area contributed by atoms with E-state index in [9.17, 15) is 14.7 Å². The molecule has 0 bridgehead atoms. The Kier molecular flexibility index (Phi) is 20.4. The maximum atomic E-state index is 11.9. The second-order valence-electron chi connectivity index (χ2n) is 9.33. The largest absolute Gasteiger partial charge is 0.481 e. The van der Waals surface area contributed by atoms with Crippen LogP contribution in [0.25, 0.3) is 0 Å². The van der Waals surface area contributed by atoms with Crippen molar-refractivity contribution >= 4 is 11.9 Å². The van der Waals surface area contributed by atoms with Gasteiger partial charge >= 0.3 is 11.9 Å². The molecule has 0 saturated heterocycles. The number of carbonyl (C=O) groups excluding carboxylic acids is 1. The minimum absolute atomic E-state index is 0.355. The van der Waals surface area contributed by atoms with Crippen LogP contribution < -0.4 is 0 Å². The Bertz CT molecular complexity index is 406. The van der Waals surface area contributed by atoms with Gasteiger partial charge in [0.15, 0.2) is 5.92 Å². The van der Waals surface area contributed by atoms with Gasteiger partial charge in [0.1, 0.15) is 0 Å². The standard InChI is InChI=1S/C26H50O4/c1-4-5-17-21-24(25(27)28)26(29)30-22-19-16-14-12-10-8-6-7-9-11-13-15-18-20-23(2)3/h23-24H,4-22H2,1-3H3,(H,27,28). The summed E-state index contributed by atoms with van der Waals surface area (Å²) in [5, 5.41) is 9.19. The average Bonchev–Trinajstić information content (AvgIpc) is 2.70. The molecule has 1 unspecified atom stereocenters. The van der Waals surface area contributed by atoms with Crippen molar-refractivity contribution in [3.8, 4) is 0 Å². The van der Waals surface area contributed by atoms with Crippen LogP contribution in [0, 0.1) is 11.8 Å². The van der Waals surface area contributed by atoms with Gasteiger partial charge in [-0.1, -0.05) is 124 Å². The van der Waals surface area contributed by atoms with Crippen LogP contribution in [0.3, 0.4) is 0 Å². The molecule has 4 nitrogen and oxygen atoms in total. The second kappa shape index (κ2) is 21.2. The topological polar surface area (TPSA) is 63.6 Å². The van der Waals surface area contributed by atoms with Crippen LogP contribution in [-0.4, -0.2) is 23.7 Å². The van der Waals surface area contributed by atoms with Crippen LogP contribution in [0.15, 0.2) is 0 Å². The molecule has 0 radical (unpaired) electrons. The first kappa shape index (κ1) is 28.9. The highest BCUT2D eigenvalue weighted by atomic mass is 16.5. The van der Waals surface area contributed by atoms with Crippen LogP contribution in [0.2, 0.25) is 0 Å². The number of aliphatic carboxylic acids is 1. The van der Waals surface area contributed by atoms with Crippen LogP contribution in [-0.2, 0) is 14.3 Å². The maximum absolute atomic E-state index is 11.9. The number of unbranched alkanes of at least 4 members (excludes halogenated alkanes) is 14. The third-order valence-electron chi connectivity index (χ3n) is 5.85. The minimum atomic E-state index is -1.05. The van der Waals surface area contributed by atoms with E-state index in [0.717, 1.165) is 38.0 Å². The third kappa shape index (κ3) is 18.9. The summed E-state index contributed by atoms with van der Waals surface area (Å²) in [5.74, 6) is -1.75. The number of carboxylic acids is 1. The molecule has 0 aromatic rings. The summed E-state index contributed by atoms with van der Waals surface area (Å²) < 4.78 is 5.20. The molecule has 0 saturated carbocycles. The molecule has 0 rings (SSSR count). The van der Waals surface area contributed by atoms with Gasteiger partial charge in [0.2, 0.25) is 0 Å². The van der Waals surface area contributed by atoms with E-state index >= 15 is 0 Å². The zero-order valence-electron chi connectivity index (χ0n) is 20.3.